The van der Waals surface area contributed by atoms with Gasteiger partial charge in [-0.1, -0.05) is 53.7 Å². The highest BCUT2D eigenvalue weighted by molar-refractivity contribution is 7.65. The third kappa shape index (κ3) is 5.09. The van der Waals surface area contributed by atoms with Gasteiger partial charge in [-0.3, -0.25) is 4.79 Å². The van der Waals surface area contributed by atoms with Crippen LogP contribution in [0.25, 0.3) is 0 Å². The van der Waals surface area contributed by atoms with Crippen LogP contribution in [0.4, 0.5) is 4.79 Å². The zero-order valence-electron chi connectivity index (χ0n) is 15.4. The summed E-state index contributed by atoms with van der Waals surface area (Å²) in [4.78, 5) is 12.3. The highest BCUT2D eigenvalue weighted by atomic mass is 31.1. The quantitative estimate of drug-likeness (QED) is 0.691. The van der Waals surface area contributed by atoms with Crippen molar-refractivity contribution < 1.29 is 4.79 Å². The van der Waals surface area contributed by atoms with E-state index in [0.29, 0.717) is 17.8 Å². The summed E-state index contributed by atoms with van der Waals surface area (Å²) in [5, 5.41) is 4.29. The van der Waals surface area contributed by atoms with Crippen LogP contribution in [-0.4, -0.2) is 11.7 Å². The molecule has 0 saturated heterocycles. The number of carbonyl (C=O) groups is 1. The largest absolute Gasteiger partial charge is 0.350 e. The van der Waals surface area contributed by atoms with Crippen molar-refractivity contribution in [1.29, 1.82) is 0 Å². The van der Waals surface area contributed by atoms with Crippen LogP contribution >= 0.6 is 8.58 Å². The molecule has 0 saturated carbocycles. The lowest BCUT2D eigenvalue weighted by molar-refractivity contribution is 0.258. The standard InChI is InChI=1S/C19H32NOP/c1-11(2)15-9-16(12(3)4)18(17(10-15)13(5)6)22-19(21)20-14(7)8/h9-14,22H,1-8H3,(H,20,21). The smallest absolute Gasteiger partial charge is 0.242 e. The summed E-state index contributed by atoms with van der Waals surface area (Å²) in [6.45, 7) is 17.4. The molecular weight excluding hydrogens is 289 g/mol. The van der Waals surface area contributed by atoms with Gasteiger partial charge in [-0.05, 0) is 53.6 Å². The van der Waals surface area contributed by atoms with Crippen LogP contribution in [0.15, 0.2) is 12.1 Å². The first-order chi connectivity index (χ1) is 10.1. The molecule has 1 rings (SSSR count). The van der Waals surface area contributed by atoms with E-state index in [1.807, 2.05) is 13.8 Å². The number of amides is 1. The van der Waals surface area contributed by atoms with Gasteiger partial charge in [0.1, 0.15) is 0 Å². The first-order valence-corrected chi connectivity index (χ1v) is 9.38. The molecular formula is C19H32NOP. The van der Waals surface area contributed by atoms with Crippen molar-refractivity contribution in [3.63, 3.8) is 0 Å². The molecule has 1 aromatic rings. The second kappa shape index (κ2) is 8.11. The lowest BCUT2D eigenvalue weighted by Crippen LogP contribution is -2.28. The van der Waals surface area contributed by atoms with E-state index in [2.05, 4.69) is 59.0 Å². The van der Waals surface area contributed by atoms with Crippen molar-refractivity contribution in [3.05, 3.63) is 28.8 Å². The predicted molar refractivity (Wildman–Crippen MR) is 100 cm³/mol. The van der Waals surface area contributed by atoms with Crippen LogP contribution in [0, 0.1) is 0 Å². The van der Waals surface area contributed by atoms with Crippen LogP contribution < -0.4 is 10.6 Å². The third-order valence-corrected chi connectivity index (χ3v) is 4.99. The molecule has 1 aromatic carbocycles. The molecule has 0 spiro atoms. The predicted octanol–water partition coefficient (Wildman–Crippen LogP) is 5.48. The number of nitrogens with one attached hydrogen (secondary N) is 1. The maximum atomic E-state index is 12.3. The lowest BCUT2D eigenvalue weighted by atomic mass is 9.89. The van der Waals surface area contributed by atoms with Gasteiger partial charge in [-0.15, -0.1) is 0 Å². The number of hydrogen-bond donors (Lipinski definition) is 1. The van der Waals surface area contributed by atoms with Gasteiger partial charge in [0.05, 0.1) is 0 Å². The van der Waals surface area contributed by atoms with E-state index in [-0.39, 0.29) is 20.3 Å². The molecule has 22 heavy (non-hydrogen) atoms. The summed E-state index contributed by atoms with van der Waals surface area (Å²) >= 11 is 0. The zero-order chi connectivity index (χ0) is 17.0. The Kier molecular flexibility index (Phi) is 7.06. The zero-order valence-corrected chi connectivity index (χ0v) is 16.4. The monoisotopic (exact) mass is 321 g/mol. The van der Waals surface area contributed by atoms with Gasteiger partial charge < -0.3 is 5.32 Å². The summed E-state index contributed by atoms with van der Waals surface area (Å²) in [5.41, 5.74) is 4.21. The molecule has 0 aliphatic carbocycles. The molecule has 0 aliphatic heterocycles. The van der Waals surface area contributed by atoms with Crippen molar-refractivity contribution in [1.82, 2.24) is 5.32 Å². The SMILES string of the molecule is CC(C)NC(=O)Pc1c(C(C)C)cc(C(C)C)cc1C(C)C. The molecule has 1 atom stereocenters. The Morgan fingerprint density at radius 2 is 1.32 bits per heavy atom. The minimum atomic E-state index is 0.149. The molecule has 0 fully saturated rings. The minimum absolute atomic E-state index is 0.149. The van der Waals surface area contributed by atoms with Gasteiger partial charge in [-0.2, -0.15) is 0 Å². The number of benzene rings is 1. The second-order valence-electron chi connectivity index (χ2n) is 7.29. The summed E-state index contributed by atoms with van der Waals surface area (Å²) in [6, 6.07) is 4.82. The van der Waals surface area contributed by atoms with E-state index >= 15 is 0 Å². The molecule has 2 nitrogen and oxygen atoms in total. The summed E-state index contributed by atoms with van der Waals surface area (Å²) in [5.74, 6) is 1.38. The number of hydrogen-bond acceptors (Lipinski definition) is 1. The highest BCUT2D eigenvalue weighted by Crippen LogP contribution is 2.31. The van der Waals surface area contributed by atoms with Gasteiger partial charge >= 0.3 is 0 Å². The van der Waals surface area contributed by atoms with Gasteiger partial charge in [-0.25, -0.2) is 0 Å². The lowest BCUT2D eigenvalue weighted by Gasteiger charge is -2.23. The maximum absolute atomic E-state index is 12.3. The molecule has 1 unspecified atom stereocenters. The Morgan fingerprint density at radius 3 is 1.64 bits per heavy atom. The van der Waals surface area contributed by atoms with Gasteiger partial charge in [0.25, 0.3) is 0 Å². The Balaban J connectivity index is 3.35. The van der Waals surface area contributed by atoms with Crippen LogP contribution in [0.3, 0.4) is 0 Å². The topological polar surface area (TPSA) is 29.1 Å². The number of rotatable bonds is 6. The van der Waals surface area contributed by atoms with Crippen LogP contribution in [0.5, 0.6) is 0 Å². The summed E-state index contributed by atoms with van der Waals surface area (Å²) in [6.07, 6.45) is 0. The van der Waals surface area contributed by atoms with Crippen molar-refractivity contribution in [3.8, 4) is 0 Å². The van der Waals surface area contributed by atoms with Crippen LogP contribution in [-0.2, 0) is 0 Å². The van der Waals surface area contributed by atoms with Gasteiger partial charge in [0, 0.05) is 14.6 Å². The van der Waals surface area contributed by atoms with Crippen molar-refractivity contribution in [2.75, 3.05) is 0 Å². The fourth-order valence-electron chi connectivity index (χ4n) is 2.51. The Morgan fingerprint density at radius 1 is 0.864 bits per heavy atom. The van der Waals surface area contributed by atoms with E-state index in [0.717, 1.165) is 0 Å². The average molecular weight is 321 g/mol. The van der Waals surface area contributed by atoms with E-state index in [9.17, 15) is 4.79 Å². The Hall–Kier alpha value is -0.880. The van der Waals surface area contributed by atoms with Crippen molar-refractivity contribution in [2.45, 2.75) is 79.2 Å². The van der Waals surface area contributed by atoms with Gasteiger partial charge in [0.2, 0.25) is 5.65 Å². The molecule has 1 N–H and O–H groups in total. The fraction of sp³-hybridized carbons (Fsp3) is 0.632. The minimum Gasteiger partial charge on any atom is -0.350 e. The molecule has 1 amide bonds. The van der Waals surface area contributed by atoms with E-state index in [1.54, 1.807) is 0 Å². The molecule has 3 heteroatoms. The molecule has 0 aromatic heterocycles. The summed E-state index contributed by atoms with van der Waals surface area (Å²) in [7, 11) is 0.194. The Labute approximate surface area is 138 Å². The fourth-order valence-corrected chi connectivity index (χ4v) is 4.11. The number of carbonyl (C=O) groups excluding carboxylic acids is 1. The Bertz CT molecular complexity index is 489. The molecule has 0 radical (unpaired) electrons. The first kappa shape index (κ1) is 19.2. The highest BCUT2D eigenvalue weighted by Gasteiger charge is 2.19. The van der Waals surface area contributed by atoms with E-state index in [4.69, 9.17) is 0 Å². The van der Waals surface area contributed by atoms with E-state index in [1.165, 1.54) is 22.0 Å². The summed E-state index contributed by atoms with van der Waals surface area (Å²) < 4.78 is 0. The molecule has 0 aliphatic rings. The first-order valence-electron chi connectivity index (χ1n) is 8.38. The van der Waals surface area contributed by atoms with Crippen LogP contribution in [0.2, 0.25) is 0 Å². The third-order valence-electron chi connectivity index (χ3n) is 3.79. The molecule has 124 valence electrons. The normalized spacial score (nSPS) is 12.4. The average Bonchev–Trinajstić information content (AvgIpc) is 2.36. The van der Waals surface area contributed by atoms with Crippen molar-refractivity contribution >= 4 is 19.5 Å². The van der Waals surface area contributed by atoms with Crippen molar-refractivity contribution in [2.24, 2.45) is 0 Å². The second-order valence-corrected chi connectivity index (χ2v) is 8.50. The molecule has 0 heterocycles. The van der Waals surface area contributed by atoms with E-state index < -0.39 is 0 Å². The van der Waals surface area contributed by atoms with Crippen LogP contribution in [0.1, 0.15) is 89.8 Å². The molecule has 0 bridgehead atoms. The maximum Gasteiger partial charge on any atom is 0.242 e. The van der Waals surface area contributed by atoms with Gasteiger partial charge in [0.15, 0.2) is 0 Å².